The molecule has 2 aromatic rings. The van der Waals surface area contributed by atoms with Crippen molar-refractivity contribution >= 4 is 32.1 Å². The molecule has 0 saturated carbocycles. The van der Waals surface area contributed by atoms with E-state index >= 15 is 0 Å². The van der Waals surface area contributed by atoms with E-state index in [0.717, 1.165) is 16.7 Å². The molecule has 0 fully saturated rings. The van der Waals surface area contributed by atoms with Crippen molar-refractivity contribution in [3.05, 3.63) is 22.0 Å². The van der Waals surface area contributed by atoms with Crippen LogP contribution in [0.25, 0.3) is 4.83 Å². The molecule has 0 radical (unpaired) electrons. The largest absolute Gasteiger partial charge is 0.330 e. The summed E-state index contributed by atoms with van der Waals surface area (Å²) in [5.41, 5.74) is 6.55. The molecular formula is C7H8BrN3S. The third-order valence-corrected chi connectivity index (χ3v) is 3.58. The van der Waals surface area contributed by atoms with Crippen molar-refractivity contribution in [1.29, 1.82) is 0 Å². The van der Waals surface area contributed by atoms with Crippen LogP contribution in [0.15, 0.2) is 16.3 Å². The Balaban J connectivity index is 2.55. The van der Waals surface area contributed by atoms with E-state index in [-0.39, 0.29) is 0 Å². The van der Waals surface area contributed by atoms with Crippen LogP contribution in [-0.4, -0.2) is 15.9 Å². The zero-order chi connectivity index (χ0) is 8.55. The van der Waals surface area contributed by atoms with E-state index in [0.29, 0.717) is 6.54 Å². The predicted octanol–water partition coefficient (Wildman–Crippen LogP) is 1.66. The molecule has 3 nitrogen and oxygen atoms in total. The Labute approximate surface area is 82.3 Å². The molecule has 2 heterocycles. The Hall–Kier alpha value is -0.390. The van der Waals surface area contributed by atoms with E-state index in [4.69, 9.17) is 5.73 Å². The second-order valence-electron chi connectivity index (χ2n) is 2.46. The van der Waals surface area contributed by atoms with Crippen LogP contribution in [0.1, 0.15) is 5.69 Å². The van der Waals surface area contributed by atoms with Crippen molar-refractivity contribution < 1.29 is 0 Å². The first-order chi connectivity index (χ1) is 5.83. The van der Waals surface area contributed by atoms with E-state index in [9.17, 15) is 0 Å². The van der Waals surface area contributed by atoms with Crippen LogP contribution in [0.5, 0.6) is 0 Å². The Bertz CT molecular complexity index is 392. The Morgan fingerprint density at radius 3 is 3.25 bits per heavy atom. The molecule has 2 N–H and O–H groups in total. The second kappa shape index (κ2) is 3.16. The van der Waals surface area contributed by atoms with Crippen LogP contribution in [0.2, 0.25) is 0 Å². The summed E-state index contributed by atoms with van der Waals surface area (Å²) >= 11 is 5.12. The molecule has 64 valence electrons. The van der Waals surface area contributed by atoms with Crippen molar-refractivity contribution in [2.45, 2.75) is 6.42 Å². The molecular weight excluding hydrogens is 238 g/mol. The lowest BCUT2D eigenvalue weighted by Gasteiger charge is -1.89. The van der Waals surface area contributed by atoms with Gasteiger partial charge in [0.05, 0.1) is 5.69 Å². The standard InChI is InChI=1S/C7H8BrN3S/c8-6-3-12-7-5(1-2-9)10-4-11(6)7/h3-4H,1-2,9H2. The molecule has 2 aromatic heterocycles. The fourth-order valence-electron chi connectivity index (χ4n) is 1.12. The predicted molar refractivity (Wildman–Crippen MR) is 53.5 cm³/mol. The first-order valence-corrected chi connectivity index (χ1v) is 5.29. The molecule has 0 spiro atoms. The van der Waals surface area contributed by atoms with Crippen LogP contribution in [0.3, 0.4) is 0 Å². The number of nitrogens with zero attached hydrogens (tertiary/aromatic N) is 2. The molecule has 0 amide bonds. The first-order valence-electron chi connectivity index (χ1n) is 3.62. The van der Waals surface area contributed by atoms with Gasteiger partial charge in [-0.05, 0) is 22.5 Å². The maximum absolute atomic E-state index is 5.46. The molecule has 0 aliphatic carbocycles. The van der Waals surface area contributed by atoms with Crippen LogP contribution in [-0.2, 0) is 6.42 Å². The number of halogens is 1. The molecule has 0 atom stereocenters. The third-order valence-electron chi connectivity index (χ3n) is 1.67. The van der Waals surface area contributed by atoms with E-state index < -0.39 is 0 Å². The topological polar surface area (TPSA) is 43.3 Å². The number of nitrogens with two attached hydrogens (primary N) is 1. The first kappa shape index (κ1) is 8.22. The normalized spacial score (nSPS) is 11.2. The minimum Gasteiger partial charge on any atom is -0.330 e. The summed E-state index contributed by atoms with van der Waals surface area (Å²) in [5, 5.41) is 2.05. The number of hydrogen-bond donors (Lipinski definition) is 1. The molecule has 2 rings (SSSR count). The number of imidazole rings is 1. The zero-order valence-corrected chi connectivity index (χ0v) is 8.73. The molecule has 0 aliphatic heterocycles. The minimum absolute atomic E-state index is 0.655. The average Bonchev–Trinajstić information content (AvgIpc) is 2.58. The maximum Gasteiger partial charge on any atom is 0.123 e. The summed E-state index contributed by atoms with van der Waals surface area (Å²) in [7, 11) is 0. The second-order valence-corrected chi connectivity index (χ2v) is 4.13. The summed E-state index contributed by atoms with van der Waals surface area (Å²) < 4.78 is 3.08. The summed E-state index contributed by atoms with van der Waals surface area (Å²) in [6, 6.07) is 0. The number of thiazole rings is 1. The molecule has 0 bridgehead atoms. The van der Waals surface area contributed by atoms with E-state index in [1.165, 1.54) is 4.83 Å². The van der Waals surface area contributed by atoms with Crippen molar-refractivity contribution in [3.63, 3.8) is 0 Å². The Morgan fingerprint density at radius 2 is 2.50 bits per heavy atom. The van der Waals surface area contributed by atoms with Crippen LogP contribution < -0.4 is 5.73 Å². The number of hydrogen-bond acceptors (Lipinski definition) is 3. The molecule has 12 heavy (non-hydrogen) atoms. The van der Waals surface area contributed by atoms with Gasteiger partial charge in [-0.15, -0.1) is 11.3 Å². The lowest BCUT2D eigenvalue weighted by atomic mass is 10.3. The van der Waals surface area contributed by atoms with Crippen molar-refractivity contribution in [3.8, 4) is 0 Å². The van der Waals surface area contributed by atoms with Crippen molar-refractivity contribution in [2.24, 2.45) is 5.73 Å². The van der Waals surface area contributed by atoms with Gasteiger partial charge in [0.1, 0.15) is 15.8 Å². The Morgan fingerprint density at radius 1 is 1.67 bits per heavy atom. The van der Waals surface area contributed by atoms with Gasteiger partial charge in [0.25, 0.3) is 0 Å². The third kappa shape index (κ3) is 1.18. The van der Waals surface area contributed by atoms with E-state index in [1.807, 2.05) is 10.7 Å². The van der Waals surface area contributed by atoms with Gasteiger partial charge >= 0.3 is 0 Å². The average molecular weight is 246 g/mol. The van der Waals surface area contributed by atoms with Crippen molar-refractivity contribution in [1.82, 2.24) is 9.38 Å². The lowest BCUT2D eigenvalue weighted by molar-refractivity contribution is 0.944. The molecule has 5 heteroatoms. The number of fused-ring (bicyclic) bond motifs is 1. The summed E-state index contributed by atoms with van der Waals surface area (Å²) in [5.74, 6) is 0. The van der Waals surface area contributed by atoms with Gasteiger partial charge < -0.3 is 5.73 Å². The van der Waals surface area contributed by atoms with Gasteiger partial charge in [-0.3, -0.25) is 4.40 Å². The minimum atomic E-state index is 0.655. The van der Waals surface area contributed by atoms with Crippen LogP contribution >= 0.6 is 27.3 Å². The number of aromatic nitrogens is 2. The van der Waals surface area contributed by atoms with Gasteiger partial charge in [-0.25, -0.2) is 4.98 Å². The fourth-order valence-corrected chi connectivity index (χ4v) is 2.66. The maximum atomic E-state index is 5.46. The van der Waals surface area contributed by atoms with Gasteiger partial charge in [0, 0.05) is 11.8 Å². The van der Waals surface area contributed by atoms with Gasteiger partial charge in [0.2, 0.25) is 0 Å². The van der Waals surface area contributed by atoms with E-state index in [1.54, 1.807) is 11.3 Å². The summed E-state index contributed by atoms with van der Waals surface area (Å²) in [6.45, 7) is 0.655. The van der Waals surface area contributed by atoms with Crippen LogP contribution in [0.4, 0.5) is 0 Å². The van der Waals surface area contributed by atoms with Gasteiger partial charge in [-0.2, -0.15) is 0 Å². The fraction of sp³-hybridized carbons (Fsp3) is 0.286. The molecule has 0 unspecified atom stereocenters. The quantitative estimate of drug-likeness (QED) is 0.875. The highest BCUT2D eigenvalue weighted by Gasteiger charge is 2.06. The monoisotopic (exact) mass is 245 g/mol. The SMILES string of the molecule is NCCc1ncn2c(Br)csc12. The summed E-state index contributed by atoms with van der Waals surface area (Å²) in [4.78, 5) is 5.46. The van der Waals surface area contributed by atoms with E-state index in [2.05, 4.69) is 26.3 Å². The summed E-state index contributed by atoms with van der Waals surface area (Å²) in [6.07, 6.45) is 2.67. The molecule has 0 aliphatic rings. The van der Waals surface area contributed by atoms with Crippen LogP contribution in [0, 0.1) is 0 Å². The molecule has 0 aromatic carbocycles. The van der Waals surface area contributed by atoms with Crippen molar-refractivity contribution in [2.75, 3.05) is 6.54 Å². The highest BCUT2D eigenvalue weighted by atomic mass is 79.9. The van der Waals surface area contributed by atoms with Gasteiger partial charge in [0.15, 0.2) is 0 Å². The Kier molecular flexibility index (Phi) is 2.16. The van der Waals surface area contributed by atoms with Gasteiger partial charge in [-0.1, -0.05) is 0 Å². The molecule has 0 saturated heterocycles. The lowest BCUT2D eigenvalue weighted by Crippen LogP contribution is -2.02. The zero-order valence-electron chi connectivity index (χ0n) is 6.33. The highest BCUT2D eigenvalue weighted by Crippen LogP contribution is 2.23. The number of rotatable bonds is 2. The highest BCUT2D eigenvalue weighted by molar-refractivity contribution is 9.10. The smallest absolute Gasteiger partial charge is 0.123 e.